The summed E-state index contributed by atoms with van der Waals surface area (Å²) in [4.78, 5) is 25.8. The molecule has 2 rings (SSSR count). The van der Waals surface area contributed by atoms with Crippen molar-refractivity contribution in [2.45, 2.75) is 33.2 Å². The van der Waals surface area contributed by atoms with Crippen molar-refractivity contribution in [3.05, 3.63) is 51.1 Å². The van der Waals surface area contributed by atoms with E-state index in [1.54, 1.807) is 4.57 Å². The summed E-state index contributed by atoms with van der Waals surface area (Å²) in [5, 5.41) is 4.76. The van der Waals surface area contributed by atoms with Gasteiger partial charge in [-0.1, -0.05) is 29.5 Å². The summed E-state index contributed by atoms with van der Waals surface area (Å²) in [5.74, 6) is -0.00439. The number of hydrogen-bond acceptors (Lipinski definition) is 4. The molecule has 1 aromatic carbocycles. The summed E-state index contributed by atoms with van der Waals surface area (Å²) in [6.45, 7) is 6.97. The van der Waals surface area contributed by atoms with Crippen LogP contribution in [0.25, 0.3) is 0 Å². The van der Waals surface area contributed by atoms with E-state index in [-0.39, 0.29) is 10.8 Å². The SMILES string of the molecule is CCN(CCCNC(=O)CCn1c(C)csc1=O)c1ccccc1. The van der Waals surface area contributed by atoms with Gasteiger partial charge < -0.3 is 14.8 Å². The van der Waals surface area contributed by atoms with E-state index in [2.05, 4.69) is 29.3 Å². The van der Waals surface area contributed by atoms with Gasteiger partial charge in [-0.3, -0.25) is 9.59 Å². The first-order valence-electron chi connectivity index (χ1n) is 8.33. The van der Waals surface area contributed by atoms with Gasteiger partial charge in [-0.15, -0.1) is 0 Å². The molecule has 0 fully saturated rings. The zero-order valence-electron chi connectivity index (χ0n) is 14.3. The number of carbonyl (C=O) groups excluding carboxylic acids is 1. The van der Waals surface area contributed by atoms with Crippen LogP contribution in [0, 0.1) is 6.92 Å². The molecule has 5 nitrogen and oxygen atoms in total. The van der Waals surface area contributed by atoms with Crippen LogP contribution in [0.5, 0.6) is 0 Å². The van der Waals surface area contributed by atoms with Crippen molar-refractivity contribution >= 4 is 22.9 Å². The summed E-state index contributed by atoms with van der Waals surface area (Å²) >= 11 is 1.18. The number of carbonyl (C=O) groups is 1. The van der Waals surface area contributed by atoms with Crippen LogP contribution in [-0.2, 0) is 11.3 Å². The molecule has 1 aromatic heterocycles. The predicted octanol–water partition coefficient (Wildman–Crippen LogP) is 2.64. The lowest BCUT2D eigenvalue weighted by Gasteiger charge is -2.23. The Morgan fingerprint density at radius 3 is 2.67 bits per heavy atom. The van der Waals surface area contributed by atoms with E-state index in [0.717, 1.165) is 25.2 Å². The number of benzene rings is 1. The number of rotatable bonds is 9. The van der Waals surface area contributed by atoms with Crippen LogP contribution in [0.15, 0.2) is 40.5 Å². The molecule has 2 aromatic rings. The summed E-state index contributed by atoms with van der Waals surface area (Å²) in [6.07, 6.45) is 1.24. The van der Waals surface area contributed by atoms with E-state index in [0.29, 0.717) is 19.5 Å². The molecule has 0 saturated heterocycles. The fourth-order valence-electron chi connectivity index (χ4n) is 2.58. The topological polar surface area (TPSA) is 54.3 Å². The van der Waals surface area contributed by atoms with Gasteiger partial charge in [0, 0.05) is 49.4 Å². The second-order valence-electron chi connectivity index (χ2n) is 5.66. The summed E-state index contributed by atoms with van der Waals surface area (Å²) < 4.78 is 1.65. The Labute approximate surface area is 146 Å². The highest BCUT2D eigenvalue weighted by molar-refractivity contribution is 7.07. The van der Waals surface area contributed by atoms with Gasteiger partial charge in [0.1, 0.15) is 0 Å². The highest BCUT2D eigenvalue weighted by Gasteiger charge is 2.07. The van der Waals surface area contributed by atoms with Crippen LogP contribution >= 0.6 is 11.3 Å². The first-order chi connectivity index (χ1) is 11.6. The number of hydrogen-bond donors (Lipinski definition) is 1. The average Bonchev–Trinajstić information content (AvgIpc) is 2.92. The molecule has 0 spiro atoms. The molecule has 0 atom stereocenters. The molecule has 24 heavy (non-hydrogen) atoms. The summed E-state index contributed by atoms with van der Waals surface area (Å²) in [5.41, 5.74) is 2.12. The Kier molecular flexibility index (Phi) is 7.06. The van der Waals surface area contributed by atoms with Crippen molar-refractivity contribution in [1.29, 1.82) is 0 Å². The second-order valence-corrected chi connectivity index (χ2v) is 6.48. The lowest BCUT2D eigenvalue weighted by Crippen LogP contribution is -2.30. The quantitative estimate of drug-likeness (QED) is 0.710. The Bertz CT molecular complexity index is 694. The van der Waals surface area contributed by atoms with Crippen molar-refractivity contribution in [3.8, 4) is 0 Å². The molecule has 0 saturated carbocycles. The third-order valence-corrected chi connectivity index (χ3v) is 4.85. The second kappa shape index (κ2) is 9.27. The number of thiazole rings is 1. The largest absolute Gasteiger partial charge is 0.372 e. The Morgan fingerprint density at radius 1 is 1.29 bits per heavy atom. The number of para-hydroxylation sites is 1. The van der Waals surface area contributed by atoms with E-state index in [4.69, 9.17) is 0 Å². The minimum Gasteiger partial charge on any atom is -0.372 e. The lowest BCUT2D eigenvalue weighted by atomic mass is 10.2. The zero-order chi connectivity index (χ0) is 17.4. The van der Waals surface area contributed by atoms with Crippen LogP contribution < -0.4 is 15.1 Å². The minimum atomic E-state index is -0.00439. The zero-order valence-corrected chi connectivity index (χ0v) is 15.1. The number of aromatic nitrogens is 1. The van der Waals surface area contributed by atoms with Gasteiger partial charge in [0.25, 0.3) is 0 Å². The molecular formula is C18H25N3O2S. The number of nitrogens with one attached hydrogen (secondary N) is 1. The Balaban J connectivity index is 1.68. The van der Waals surface area contributed by atoms with Gasteiger partial charge in [-0.25, -0.2) is 0 Å². The molecule has 0 aliphatic rings. The molecule has 0 radical (unpaired) electrons. The van der Waals surface area contributed by atoms with E-state index in [9.17, 15) is 9.59 Å². The molecule has 0 aliphatic heterocycles. The molecule has 0 bridgehead atoms. The maximum atomic E-state index is 11.9. The van der Waals surface area contributed by atoms with E-state index in [1.165, 1.54) is 17.0 Å². The first kappa shape index (κ1) is 18.3. The van der Waals surface area contributed by atoms with Crippen molar-refractivity contribution in [2.24, 2.45) is 0 Å². The molecule has 6 heteroatoms. The Hall–Kier alpha value is -2.08. The van der Waals surface area contributed by atoms with Gasteiger partial charge in [-0.2, -0.15) is 0 Å². The van der Waals surface area contributed by atoms with Crippen molar-refractivity contribution < 1.29 is 4.79 Å². The molecule has 130 valence electrons. The molecular weight excluding hydrogens is 322 g/mol. The number of anilines is 1. The third-order valence-electron chi connectivity index (χ3n) is 3.97. The first-order valence-corrected chi connectivity index (χ1v) is 9.21. The molecule has 0 unspecified atom stereocenters. The fourth-order valence-corrected chi connectivity index (χ4v) is 3.34. The van der Waals surface area contributed by atoms with Gasteiger partial charge in [-0.05, 0) is 32.4 Å². The minimum absolute atomic E-state index is 0.00162. The number of amides is 1. The highest BCUT2D eigenvalue weighted by atomic mass is 32.1. The van der Waals surface area contributed by atoms with Crippen molar-refractivity contribution in [1.82, 2.24) is 9.88 Å². The number of nitrogens with zero attached hydrogens (tertiary/aromatic N) is 2. The number of aryl methyl sites for hydroxylation is 1. The van der Waals surface area contributed by atoms with Crippen molar-refractivity contribution in [2.75, 3.05) is 24.5 Å². The van der Waals surface area contributed by atoms with Gasteiger partial charge in [0.2, 0.25) is 5.91 Å². The molecule has 1 heterocycles. The van der Waals surface area contributed by atoms with Crippen LogP contribution in [0.4, 0.5) is 5.69 Å². The van der Waals surface area contributed by atoms with E-state index >= 15 is 0 Å². The Morgan fingerprint density at radius 2 is 2.04 bits per heavy atom. The molecule has 0 aliphatic carbocycles. The predicted molar refractivity (Wildman–Crippen MR) is 99.9 cm³/mol. The monoisotopic (exact) mass is 347 g/mol. The van der Waals surface area contributed by atoms with Crippen molar-refractivity contribution in [3.63, 3.8) is 0 Å². The molecule has 1 amide bonds. The highest BCUT2D eigenvalue weighted by Crippen LogP contribution is 2.12. The average molecular weight is 347 g/mol. The van der Waals surface area contributed by atoms with Gasteiger partial charge in [0.15, 0.2) is 0 Å². The van der Waals surface area contributed by atoms with E-state index < -0.39 is 0 Å². The van der Waals surface area contributed by atoms with Gasteiger partial charge in [0.05, 0.1) is 0 Å². The van der Waals surface area contributed by atoms with Gasteiger partial charge >= 0.3 is 4.87 Å². The van der Waals surface area contributed by atoms with E-state index in [1.807, 2.05) is 30.5 Å². The maximum absolute atomic E-state index is 11.9. The van der Waals surface area contributed by atoms with Crippen LogP contribution in [0.2, 0.25) is 0 Å². The van der Waals surface area contributed by atoms with Crippen LogP contribution in [0.3, 0.4) is 0 Å². The fraction of sp³-hybridized carbons (Fsp3) is 0.444. The summed E-state index contributed by atoms with van der Waals surface area (Å²) in [7, 11) is 0. The summed E-state index contributed by atoms with van der Waals surface area (Å²) in [6, 6.07) is 10.3. The third kappa shape index (κ3) is 5.23. The van der Waals surface area contributed by atoms with Crippen LogP contribution in [0.1, 0.15) is 25.5 Å². The smallest absolute Gasteiger partial charge is 0.307 e. The van der Waals surface area contributed by atoms with Crippen LogP contribution in [-0.4, -0.2) is 30.1 Å². The lowest BCUT2D eigenvalue weighted by molar-refractivity contribution is -0.121. The molecule has 1 N–H and O–H groups in total. The standard InChI is InChI=1S/C18H25N3O2S/c1-3-20(16-8-5-4-6-9-16)12-7-11-19-17(22)10-13-21-15(2)14-24-18(21)23/h4-6,8-9,14H,3,7,10-13H2,1-2H3,(H,19,22). The normalized spacial score (nSPS) is 10.6. The maximum Gasteiger partial charge on any atom is 0.307 e.